The molecule has 2 rings (SSSR count). The second-order valence-electron chi connectivity index (χ2n) is 4.47. The second kappa shape index (κ2) is 5.57. The molecule has 0 aromatic heterocycles. The first kappa shape index (κ1) is 14.4. The molecular weight excluding hydrogens is 271 g/mol. The molecule has 1 nitrogen and oxygen atoms in total. The van der Waals surface area contributed by atoms with Crippen LogP contribution in [0.3, 0.4) is 0 Å². The average Bonchev–Trinajstić information content (AvgIpc) is 2.37. The maximum atomic E-state index is 12.9. The third kappa shape index (κ3) is 3.32. The van der Waals surface area contributed by atoms with Crippen LogP contribution in [-0.2, 0) is 6.61 Å². The Morgan fingerprint density at radius 3 is 2.40 bits per heavy atom. The van der Waals surface area contributed by atoms with Crippen molar-refractivity contribution in [2.45, 2.75) is 13.5 Å². The van der Waals surface area contributed by atoms with Gasteiger partial charge in [0.15, 0.2) is 0 Å². The summed E-state index contributed by atoms with van der Waals surface area (Å²) < 4.78 is 56.7. The van der Waals surface area contributed by atoms with Crippen LogP contribution < -0.4 is 10.2 Å². The SMILES string of the molecule is Cc1cc(F)ccc1COc1ccccc1[B-](F)(F)F. The Morgan fingerprint density at radius 1 is 1.05 bits per heavy atom. The first-order chi connectivity index (χ1) is 9.38. The van der Waals surface area contributed by atoms with E-state index in [2.05, 4.69) is 0 Å². The van der Waals surface area contributed by atoms with Crippen molar-refractivity contribution in [2.24, 2.45) is 0 Å². The van der Waals surface area contributed by atoms with Gasteiger partial charge in [-0.2, -0.15) is 0 Å². The van der Waals surface area contributed by atoms with E-state index in [1.807, 2.05) is 0 Å². The molecule has 2 aromatic rings. The Hall–Kier alpha value is -1.98. The van der Waals surface area contributed by atoms with Crippen molar-refractivity contribution in [3.63, 3.8) is 0 Å². The molecule has 0 heterocycles. The van der Waals surface area contributed by atoms with Gasteiger partial charge in [-0.3, -0.25) is 0 Å². The van der Waals surface area contributed by atoms with Gasteiger partial charge in [0.1, 0.15) is 12.4 Å². The second-order valence-corrected chi connectivity index (χ2v) is 4.47. The highest BCUT2D eigenvalue weighted by molar-refractivity contribution is 6.74. The summed E-state index contributed by atoms with van der Waals surface area (Å²) >= 11 is 0. The Morgan fingerprint density at radius 2 is 1.75 bits per heavy atom. The maximum Gasteiger partial charge on any atom is 0.513 e. The average molecular weight is 283 g/mol. The van der Waals surface area contributed by atoms with Crippen molar-refractivity contribution in [2.75, 3.05) is 0 Å². The summed E-state index contributed by atoms with van der Waals surface area (Å²) in [6.07, 6.45) is 0. The zero-order valence-electron chi connectivity index (χ0n) is 10.7. The topological polar surface area (TPSA) is 9.23 Å². The molecule has 0 aliphatic carbocycles. The van der Waals surface area contributed by atoms with E-state index < -0.39 is 12.4 Å². The summed E-state index contributed by atoms with van der Waals surface area (Å²) in [5, 5.41) is 0. The van der Waals surface area contributed by atoms with Crippen molar-refractivity contribution in [1.29, 1.82) is 0 Å². The molecule has 0 saturated carbocycles. The van der Waals surface area contributed by atoms with Gasteiger partial charge in [-0.05, 0) is 36.2 Å². The standard InChI is InChI=1S/C14H12BF4O/c1-10-8-12(16)7-6-11(10)9-20-14-5-3-2-4-13(14)15(17,18)19/h2-8H,9H2,1H3/q-1. The molecule has 0 N–H and O–H groups in total. The zero-order valence-corrected chi connectivity index (χ0v) is 10.7. The fraction of sp³-hybridized carbons (Fsp3) is 0.143. The number of halogens is 4. The quantitative estimate of drug-likeness (QED) is 0.613. The lowest BCUT2D eigenvalue weighted by molar-refractivity contribution is 0.306. The van der Waals surface area contributed by atoms with E-state index in [9.17, 15) is 17.3 Å². The van der Waals surface area contributed by atoms with E-state index in [0.29, 0.717) is 11.1 Å². The fourth-order valence-electron chi connectivity index (χ4n) is 1.86. The lowest BCUT2D eigenvalue weighted by atomic mass is 9.79. The molecular formula is C14H12BF4O-. The van der Waals surface area contributed by atoms with Crippen LogP contribution in [0.5, 0.6) is 5.75 Å². The smallest absolute Gasteiger partial charge is 0.492 e. The highest BCUT2D eigenvalue weighted by atomic mass is 19.4. The third-order valence-corrected chi connectivity index (χ3v) is 2.96. The molecule has 0 saturated heterocycles. The lowest BCUT2D eigenvalue weighted by Crippen LogP contribution is -2.35. The molecule has 0 aliphatic heterocycles. The van der Waals surface area contributed by atoms with Crippen molar-refractivity contribution in [3.05, 3.63) is 59.4 Å². The van der Waals surface area contributed by atoms with E-state index in [1.165, 1.54) is 36.4 Å². The highest BCUT2D eigenvalue weighted by Gasteiger charge is 2.28. The summed E-state index contributed by atoms with van der Waals surface area (Å²) in [7, 11) is 0. The number of hydrogen-bond acceptors (Lipinski definition) is 1. The first-order valence-electron chi connectivity index (χ1n) is 6.04. The summed E-state index contributed by atoms with van der Waals surface area (Å²) in [5.74, 6) is -0.589. The highest BCUT2D eigenvalue weighted by Crippen LogP contribution is 2.19. The van der Waals surface area contributed by atoms with Gasteiger partial charge in [-0.15, -0.1) is 0 Å². The third-order valence-electron chi connectivity index (χ3n) is 2.96. The van der Waals surface area contributed by atoms with Crippen LogP contribution >= 0.6 is 0 Å². The Bertz CT molecular complexity index is 610. The van der Waals surface area contributed by atoms with Crippen molar-refractivity contribution in [3.8, 4) is 5.75 Å². The molecule has 0 bridgehead atoms. The first-order valence-corrected chi connectivity index (χ1v) is 6.04. The van der Waals surface area contributed by atoms with Crippen molar-refractivity contribution in [1.82, 2.24) is 0 Å². The molecule has 0 fully saturated rings. The van der Waals surface area contributed by atoms with E-state index >= 15 is 0 Å². The molecule has 0 spiro atoms. The van der Waals surface area contributed by atoms with Gasteiger partial charge in [-0.25, -0.2) is 4.39 Å². The van der Waals surface area contributed by atoms with E-state index in [-0.39, 0.29) is 18.2 Å². The zero-order chi connectivity index (χ0) is 14.8. The minimum Gasteiger partial charge on any atom is -0.492 e. The molecule has 0 unspecified atom stereocenters. The van der Waals surface area contributed by atoms with E-state index in [1.54, 1.807) is 6.92 Å². The molecule has 0 atom stereocenters. The summed E-state index contributed by atoms with van der Waals surface area (Å²) in [6, 6.07) is 9.16. The Labute approximate surface area is 114 Å². The number of ether oxygens (including phenoxy) is 1. The van der Waals surface area contributed by atoms with Gasteiger partial charge in [0.05, 0.1) is 5.75 Å². The summed E-state index contributed by atoms with van der Waals surface area (Å²) in [5.41, 5.74) is 0.531. The number of aryl methyl sites for hydroxylation is 1. The number of hydrogen-bond donors (Lipinski definition) is 0. The van der Waals surface area contributed by atoms with Gasteiger partial charge in [-0.1, -0.05) is 29.7 Å². The minimum atomic E-state index is -5.12. The van der Waals surface area contributed by atoms with E-state index in [0.717, 1.165) is 6.07 Å². The number of benzene rings is 2. The van der Waals surface area contributed by atoms with Gasteiger partial charge in [0.2, 0.25) is 0 Å². The van der Waals surface area contributed by atoms with Gasteiger partial charge >= 0.3 is 6.98 Å². The maximum absolute atomic E-state index is 12.9. The predicted molar refractivity (Wildman–Crippen MR) is 70.6 cm³/mol. The normalized spacial score (nSPS) is 11.4. The number of rotatable bonds is 4. The monoisotopic (exact) mass is 283 g/mol. The van der Waals surface area contributed by atoms with Gasteiger partial charge in [0.25, 0.3) is 0 Å². The van der Waals surface area contributed by atoms with Crippen LogP contribution in [0.25, 0.3) is 0 Å². The molecule has 6 heteroatoms. The molecule has 20 heavy (non-hydrogen) atoms. The van der Waals surface area contributed by atoms with Gasteiger partial charge in [0, 0.05) is 0 Å². The Kier molecular flexibility index (Phi) is 4.02. The van der Waals surface area contributed by atoms with Crippen LogP contribution in [-0.4, -0.2) is 6.98 Å². The molecule has 0 aliphatic rings. The van der Waals surface area contributed by atoms with E-state index in [4.69, 9.17) is 4.74 Å². The number of para-hydroxylation sites is 1. The molecule has 2 aromatic carbocycles. The minimum absolute atomic E-state index is 0.0325. The molecule has 0 radical (unpaired) electrons. The van der Waals surface area contributed by atoms with Crippen LogP contribution in [0.15, 0.2) is 42.5 Å². The summed E-state index contributed by atoms with van der Waals surface area (Å²) in [6.45, 7) is -3.47. The fourth-order valence-corrected chi connectivity index (χ4v) is 1.86. The van der Waals surface area contributed by atoms with Crippen LogP contribution in [0.1, 0.15) is 11.1 Å². The summed E-state index contributed by atoms with van der Waals surface area (Å²) in [4.78, 5) is 0. The lowest BCUT2D eigenvalue weighted by Gasteiger charge is -2.20. The van der Waals surface area contributed by atoms with Gasteiger partial charge < -0.3 is 17.7 Å². The van der Waals surface area contributed by atoms with Crippen molar-refractivity contribution < 1.29 is 22.1 Å². The predicted octanol–water partition coefficient (Wildman–Crippen LogP) is 3.77. The Balaban J connectivity index is 2.19. The molecule has 0 amide bonds. The molecule has 106 valence electrons. The van der Waals surface area contributed by atoms with Crippen molar-refractivity contribution >= 4 is 12.4 Å². The van der Waals surface area contributed by atoms with Crippen LogP contribution in [0.4, 0.5) is 17.3 Å². The largest absolute Gasteiger partial charge is 0.513 e. The van der Waals surface area contributed by atoms with Crippen LogP contribution in [0.2, 0.25) is 0 Å². The van der Waals surface area contributed by atoms with Crippen LogP contribution in [0, 0.1) is 12.7 Å².